The number of aliphatic carboxylic acids is 2. The lowest BCUT2D eigenvalue weighted by Crippen LogP contribution is -2.32. The van der Waals surface area contributed by atoms with E-state index in [-0.39, 0.29) is 18.7 Å². The van der Waals surface area contributed by atoms with E-state index in [2.05, 4.69) is 5.32 Å². The highest BCUT2D eigenvalue weighted by molar-refractivity contribution is 7.39. The molecule has 8 nitrogen and oxygen atoms in total. The average Bonchev–Trinajstić information content (AvgIpc) is 2.41. The second kappa shape index (κ2) is 8.41. The summed E-state index contributed by atoms with van der Waals surface area (Å²) in [5.74, 6) is -3.71. The standard InChI is InChI=1S/C13H18NO7P/c15-9-3-1-2-8(6-9)14-7-11(22(20)21)10(13(18)19)4-5-12(16)17/h1-3,6,10-11,14-15,22H,4-5,7H2,(H,16,17)(H,18,19)(H,20,21). The van der Waals surface area contributed by atoms with Crippen LogP contribution < -0.4 is 5.32 Å². The van der Waals surface area contributed by atoms with Crippen LogP contribution in [0.1, 0.15) is 12.8 Å². The summed E-state index contributed by atoms with van der Waals surface area (Å²) >= 11 is 0. The lowest BCUT2D eigenvalue weighted by Gasteiger charge is -2.22. The Balaban J connectivity index is 2.79. The number of aromatic hydroxyl groups is 1. The second-order valence-electron chi connectivity index (χ2n) is 4.75. The first-order valence-electron chi connectivity index (χ1n) is 6.51. The smallest absolute Gasteiger partial charge is 0.307 e. The van der Waals surface area contributed by atoms with Crippen LogP contribution >= 0.6 is 8.03 Å². The molecular weight excluding hydrogens is 313 g/mol. The Bertz CT molecular complexity index is 563. The molecule has 0 radical (unpaired) electrons. The molecule has 0 amide bonds. The van der Waals surface area contributed by atoms with E-state index in [0.29, 0.717) is 5.69 Å². The van der Waals surface area contributed by atoms with Crippen molar-refractivity contribution in [3.8, 4) is 5.75 Å². The summed E-state index contributed by atoms with van der Waals surface area (Å²) in [6.07, 6.45) is -0.622. The molecule has 0 aliphatic carbocycles. The minimum Gasteiger partial charge on any atom is -0.508 e. The zero-order chi connectivity index (χ0) is 16.7. The van der Waals surface area contributed by atoms with E-state index in [1.54, 1.807) is 12.1 Å². The Hall–Kier alpha value is -2.05. The van der Waals surface area contributed by atoms with Gasteiger partial charge in [-0.25, -0.2) is 0 Å². The Morgan fingerprint density at radius 1 is 1.27 bits per heavy atom. The van der Waals surface area contributed by atoms with Gasteiger partial charge in [-0.2, -0.15) is 0 Å². The summed E-state index contributed by atoms with van der Waals surface area (Å²) in [4.78, 5) is 31.2. The minimum absolute atomic E-state index is 0.00105. The predicted molar refractivity (Wildman–Crippen MR) is 79.6 cm³/mol. The van der Waals surface area contributed by atoms with Crippen molar-refractivity contribution in [3.05, 3.63) is 24.3 Å². The first-order valence-corrected chi connectivity index (χ1v) is 7.95. The summed E-state index contributed by atoms with van der Waals surface area (Å²) in [6, 6.07) is 6.01. The van der Waals surface area contributed by atoms with Gasteiger partial charge < -0.3 is 25.5 Å². The van der Waals surface area contributed by atoms with Crippen LogP contribution in [0.4, 0.5) is 5.69 Å². The zero-order valence-corrected chi connectivity index (χ0v) is 12.6. The molecule has 0 aliphatic heterocycles. The number of phenols is 1. The topological polar surface area (TPSA) is 144 Å². The molecule has 0 bridgehead atoms. The van der Waals surface area contributed by atoms with E-state index in [9.17, 15) is 24.2 Å². The number of carboxylic acid groups (broad SMARTS) is 2. The van der Waals surface area contributed by atoms with Crippen molar-refractivity contribution in [1.29, 1.82) is 0 Å². The van der Waals surface area contributed by atoms with Crippen LogP contribution in [-0.4, -0.2) is 44.4 Å². The highest BCUT2D eigenvalue weighted by atomic mass is 31.1. The second-order valence-corrected chi connectivity index (χ2v) is 6.17. The monoisotopic (exact) mass is 331 g/mol. The van der Waals surface area contributed by atoms with Gasteiger partial charge in [0.1, 0.15) is 5.75 Å². The van der Waals surface area contributed by atoms with Crippen molar-refractivity contribution in [3.63, 3.8) is 0 Å². The fourth-order valence-corrected chi connectivity index (χ4v) is 2.95. The van der Waals surface area contributed by atoms with Crippen LogP contribution in [0.3, 0.4) is 0 Å². The van der Waals surface area contributed by atoms with Gasteiger partial charge in [-0.15, -0.1) is 0 Å². The van der Waals surface area contributed by atoms with Crippen LogP contribution in [0.25, 0.3) is 0 Å². The maximum atomic E-state index is 11.5. The number of hydrogen-bond donors (Lipinski definition) is 5. The van der Waals surface area contributed by atoms with Gasteiger partial charge in [0, 0.05) is 24.7 Å². The summed E-state index contributed by atoms with van der Waals surface area (Å²) in [5, 5.41) is 29.9. The lowest BCUT2D eigenvalue weighted by atomic mass is 9.99. The number of carboxylic acids is 2. The highest BCUT2D eigenvalue weighted by Gasteiger charge is 2.32. The molecule has 122 valence electrons. The van der Waals surface area contributed by atoms with Gasteiger partial charge in [-0.3, -0.25) is 14.2 Å². The number of benzene rings is 1. The van der Waals surface area contributed by atoms with Crippen molar-refractivity contribution in [2.75, 3.05) is 11.9 Å². The molecule has 0 aromatic heterocycles. The molecule has 0 heterocycles. The van der Waals surface area contributed by atoms with E-state index in [1.165, 1.54) is 12.1 Å². The first kappa shape index (κ1) is 18.0. The van der Waals surface area contributed by atoms with Crippen molar-refractivity contribution in [1.82, 2.24) is 0 Å². The summed E-state index contributed by atoms with van der Waals surface area (Å²) in [7, 11) is -3.19. The molecule has 0 saturated heterocycles. The SMILES string of the molecule is O=C(O)CCC(C(=O)O)C(CNc1cccc(O)c1)[PH](=O)O. The molecule has 1 aromatic carbocycles. The quantitative estimate of drug-likeness (QED) is 0.425. The van der Waals surface area contributed by atoms with Gasteiger partial charge in [-0.05, 0) is 18.6 Å². The van der Waals surface area contributed by atoms with Crippen LogP contribution in [0.2, 0.25) is 0 Å². The average molecular weight is 331 g/mol. The number of anilines is 1. The largest absolute Gasteiger partial charge is 0.508 e. The highest BCUT2D eigenvalue weighted by Crippen LogP contribution is 2.32. The number of nitrogens with one attached hydrogen (secondary N) is 1. The van der Waals surface area contributed by atoms with Gasteiger partial charge in [0.15, 0.2) is 8.03 Å². The maximum Gasteiger partial charge on any atom is 0.307 e. The zero-order valence-electron chi connectivity index (χ0n) is 11.6. The van der Waals surface area contributed by atoms with E-state index in [1.807, 2.05) is 0 Å². The third kappa shape index (κ3) is 5.75. The molecular formula is C13H18NO7P. The molecule has 1 aromatic rings. The molecule has 0 fully saturated rings. The van der Waals surface area contributed by atoms with Crippen LogP contribution in [0.5, 0.6) is 5.75 Å². The van der Waals surface area contributed by atoms with E-state index < -0.39 is 38.0 Å². The maximum absolute atomic E-state index is 11.5. The van der Waals surface area contributed by atoms with Gasteiger partial charge in [-0.1, -0.05) is 6.07 Å². The molecule has 9 heteroatoms. The van der Waals surface area contributed by atoms with Gasteiger partial charge in [0.2, 0.25) is 0 Å². The normalized spacial score (nSPS) is 14.8. The summed E-state index contributed by atoms with van der Waals surface area (Å²) < 4.78 is 11.5. The van der Waals surface area contributed by atoms with Crippen LogP contribution in [-0.2, 0) is 14.2 Å². The fraction of sp³-hybridized carbons (Fsp3) is 0.385. The van der Waals surface area contributed by atoms with Gasteiger partial charge >= 0.3 is 11.9 Å². The molecule has 3 unspecified atom stereocenters. The Morgan fingerprint density at radius 3 is 2.45 bits per heavy atom. The van der Waals surface area contributed by atoms with E-state index in [0.717, 1.165) is 0 Å². The summed E-state index contributed by atoms with van der Waals surface area (Å²) in [5.41, 5.74) is -0.639. The Morgan fingerprint density at radius 2 is 1.95 bits per heavy atom. The summed E-state index contributed by atoms with van der Waals surface area (Å²) in [6.45, 7) is -0.117. The van der Waals surface area contributed by atoms with Gasteiger partial charge in [0.05, 0.1) is 11.6 Å². The van der Waals surface area contributed by atoms with Crippen LogP contribution in [0.15, 0.2) is 24.3 Å². The van der Waals surface area contributed by atoms with Crippen molar-refractivity contribution in [2.24, 2.45) is 5.92 Å². The lowest BCUT2D eigenvalue weighted by molar-refractivity contribution is -0.142. The number of hydrogen-bond acceptors (Lipinski definition) is 5. The van der Waals surface area contributed by atoms with Crippen molar-refractivity contribution < 1.29 is 34.4 Å². The van der Waals surface area contributed by atoms with E-state index in [4.69, 9.17) is 10.2 Å². The van der Waals surface area contributed by atoms with E-state index >= 15 is 0 Å². The molecule has 22 heavy (non-hydrogen) atoms. The molecule has 5 N–H and O–H groups in total. The predicted octanol–water partition coefficient (Wildman–Crippen LogP) is 1.21. The van der Waals surface area contributed by atoms with Crippen molar-refractivity contribution >= 4 is 25.7 Å². The minimum atomic E-state index is -3.19. The third-order valence-corrected chi connectivity index (χ3v) is 4.40. The molecule has 0 saturated carbocycles. The Labute approximate surface area is 127 Å². The van der Waals surface area contributed by atoms with Crippen LogP contribution in [0, 0.1) is 5.92 Å². The number of carbonyl (C=O) groups is 2. The molecule has 0 aliphatic rings. The Kier molecular flexibility index (Phi) is 6.88. The molecule has 3 atom stereocenters. The number of phenolic OH excluding ortho intramolecular Hbond substituents is 1. The third-order valence-electron chi connectivity index (χ3n) is 3.16. The molecule has 0 spiro atoms. The van der Waals surface area contributed by atoms with Crippen molar-refractivity contribution in [2.45, 2.75) is 18.5 Å². The molecule has 1 rings (SSSR count). The van der Waals surface area contributed by atoms with Gasteiger partial charge in [0.25, 0.3) is 0 Å². The first-order chi connectivity index (χ1) is 10.3. The fourth-order valence-electron chi connectivity index (χ4n) is 2.02. The number of rotatable bonds is 9.